The van der Waals surface area contributed by atoms with Crippen LogP contribution in [0.1, 0.15) is 11.1 Å². The van der Waals surface area contributed by atoms with Crippen LogP contribution in [0.4, 0.5) is 0 Å². The molecule has 0 aliphatic carbocycles. The van der Waals surface area contributed by atoms with Crippen LogP contribution in [-0.2, 0) is 0 Å². The van der Waals surface area contributed by atoms with E-state index in [0.717, 1.165) is 9.13 Å². The number of aryl methyl sites for hydroxylation is 1. The van der Waals surface area contributed by atoms with E-state index < -0.39 is 0 Å². The molecule has 0 aliphatic rings. The molecule has 1 nitrogen and oxygen atoms in total. The molecule has 0 spiro atoms. The van der Waals surface area contributed by atoms with Crippen molar-refractivity contribution < 1.29 is 0 Å². The van der Waals surface area contributed by atoms with E-state index >= 15 is 0 Å². The van der Waals surface area contributed by atoms with Gasteiger partial charge in [0.05, 0.1) is 16.7 Å². The summed E-state index contributed by atoms with van der Waals surface area (Å²) >= 11 is 7.95. The maximum absolute atomic E-state index is 8.62. The Morgan fingerprint density at radius 1 is 1.55 bits per heavy atom. The summed E-state index contributed by atoms with van der Waals surface area (Å²) in [6.45, 7) is 1.90. The number of hydrogen-bond donors (Lipinski definition) is 0. The molecule has 0 bridgehead atoms. The van der Waals surface area contributed by atoms with Gasteiger partial charge in [-0.3, -0.25) is 0 Å². The van der Waals surface area contributed by atoms with Crippen LogP contribution in [0, 0.1) is 21.8 Å². The van der Waals surface area contributed by atoms with Crippen molar-refractivity contribution in [2.24, 2.45) is 0 Å². The van der Waals surface area contributed by atoms with E-state index in [1.807, 2.05) is 13.0 Å². The Morgan fingerprint density at radius 2 is 2.18 bits per heavy atom. The molecule has 0 saturated heterocycles. The summed E-state index contributed by atoms with van der Waals surface area (Å²) in [7, 11) is 0. The quantitative estimate of drug-likeness (QED) is 0.668. The normalized spacial score (nSPS) is 9.27. The number of hydrogen-bond acceptors (Lipinski definition) is 1. The van der Waals surface area contributed by atoms with Gasteiger partial charge >= 0.3 is 0 Å². The predicted octanol–water partition coefficient (Wildman–Crippen LogP) is 3.12. The van der Waals surface area contributed by atoms with Crippen LogP contribution in [0.15, 0.2) is 12.1 Å². The molecule has 0 amide bonds. The summed E-state index contributed by atoms with van der Waals surface area (Å²) < 4.78 is 0.987. The molecule has 1 rings (SSSR count). The number of nitrogens with zero attached hydrogens (tertiary/aromatic N) is 1. The second-order valence-electron chi connectivity index (χ2n) is 2.19. The highest BCUT2D eigenvalue weighted by Crippen LogP contribution is 2.21. The van der Waals surface area contributed by atoms with Gasteiger partial charge in [-0.1, -0.05) is 11.6 Å². The fourth-order valence-electron chi connectivity index (χ4n) is 0.767. The highest BCUT2D eigenvalue weighted by atomic mass is 127. The van der Waals surface area contributed by atoms with Crippen LogP contribution in [0.5, 0.6) is 0 Å². The predicted molar refractivity (Wildman–Crippen MR) is 53.6 cm³/mol. The van der Waals surface area contributed by atoms with Crippen molar-refractivity contribution in [3.8, 4) is 6.07 Å². The average molecular weight is 277 g/mol. The lowest BCUT2D eigenvalue weighted by atomic mass is 10.1. The van der Waals surface area contributed by atoms with Crippen molar-refractivity contribution in [1.29, 1.82) is 5.26 Å². The highest BCUT2D eigenvalue weighted by molar-refractivity contribution is 14.1. The monoisotopic (exact) mass is 277 g/mol. The molecule has 0 saturated carbocycles. The van der Waals surface area contributed by atoms with Crippen molar-refractivity contribution in [3.05, 3.63) is 31.9 Å². The number of nitriles is 1. The van der Waals surface area contributed by atoms with Gasteiger partial charge in [-0.2, -0.15) is 5.26 Å². The number of rotatable bonds is 0. The first-order valence-electron chi connectivity index (χ1n) is 3.01. The van der Waals surface area contributed by atoms with Crippen molar-refractivity contribution in [3.63, 3.8) is 0 Å². The molecule has 0 unspecified atom stereocenters. The summed E-state index contributed by atoms with van der Waals surface area (Å²) in [5.41, 5.74) is 1.62. The Balaban J connectivity index is 3.35. The Bertz CT molecular complexity index is 328. The molecule has 1 aromatic carbocycles. The van der Waals surface area contributed by atoms with E-state index in [9.17, 15) is 0 Å². The van der Waals surface area contributed by atoms with Gasteiger partial charge in [-0.15, -0.1) is 0 Å². The number of benzene rings is 1. The zero-order chi connectivity index (χ0) is 8.43. The van der Waals surface area contributed by atoms with E-state index in [1.54, 1.807) is 6.07 Å². The van der Waals surface area contributed by atoms with Gasteiger partial charge in [-0.05, 0) is 47.2 Å². The van der Waals surface area contributed by atoms with Crippen LogP contribution < -0.4 is 0 Å². The Morgan fingerprint density at radius 3 is 2.73 bits per heavy atom. The molecular formula is C8H5ClIN. The van der Waals surface area contributed by atoms with Gasteiger partial charge in [0.15, 0.2) is 0 Å². The van der Waals surface area contributed by atoms with E-state index in [-0.39, 0.29) is 0 Å². The Hall–Kier alpha value is -0.270. The van der Waals surface area contributed by atoms with E-state index in [1.165, 1.54) is 0 Å². The minimum Gasteiger partial charge on any atom is -0.192 e. The van der Waals surface area contributed by atoms with Crippen LogP contribution in [0.2, 0.25) is 5.02 Å². The summed E-state index contributed by atoms with van der Waals surface area (Å²) in [6.07, 6.45) is 0. The molecule has 0 atom stereocenters. The molecule has 0 N–H and O–H groups in total. The summed E-state index contributed by atoms with van der Waals surface area (Å²) in [5, 5.41) is 9.27. The van der Waals surface area contributed by atoms with Gasteiger partial charge in [-0.25, -0.2) is 0 Å². The SMILES string of the molecule is Cc1cc(I)c(Cl)cc1C#N. The van der Waals surface area contributed by atoms with E-state index in [0.29, 0.717) is 10.6 Å². The molecular weight excluding hydrogens is 272 g/mol. The zero-order valence-electron chi connectivity index (χ0n) is 5.86. The van der Waals surface area contributed by atoms with Gasteiger partial charge in [0, 0.05) is 3.57 Å². The number of halogens is 2. The Labute approximate surface area is 84.1 Å². The maximum atomic E-state index is 8.62. The molecule has 0 fully saturated rings. The van der Waals surface area contributed by atoms with Gasteiger partial charge in [0.25, 0.3) is 0 Å². The molecule has 1 aromatic rings. The average Bonchev–Trinajstić information content (AvgIpc) is 1.97. The third-order valence-electron chi connectivity index (χ3n) is 1.39. The minimum atomic E-state index is 0.646. The van der Waals surface area contributed by atoms with Crippen LogP contribution in [0.3, 0.4) is 0 Å². The molecule has 0 heterocycles. The summed E-state index contributed by atoms with van der Waals surface area (Å²) in [6, 6.07) is 5.67. The first-order valence-corrected chi connectivity index (χ1v) is 4.46. The maximum Gasteiger partial charge on any atom is 0.0994 e. The molecule has 0 radical (unpaired) electrons. The second kappa shape index (κ2) is 3.42. The summed E-state index contributed by atoms with van der Waals surface area (Å²) in [5.74, 6) is 0. The first kappa shape index (κ1) is 8.82. The lowest BCUT2D eigenvalue weighted by Gasteiger charge is -1.99. The molecule has 56 valence electrons. The van der Waals surface area contributed by atoms with Crippen LogP contribution in [-0.4, -0.2) is 0 Å². The van der Waals surface area contributed by atoms with Crippen molar-refractivity contribution >= 4 is 34.2 Å². The van der Waals surface area contributed by atoms with Gasteiger partial charge in [0.1, 0.15) is 0 Å². The van der Waals surface area contributed by atoms with Gasteiger partial charge in [0.2, 0.25) is 0 Å². The molecule has 11 heavy (non-hydrogen) atoms. The smallest absolute Gasteiger partial charge is 0.0994 e. The largest absolute Gasteiger partial charge is 0.192 e. The Kier molecular flexibility index (Phi) is 2.74. The fraction of sp³-hybridized carbons (Fsp3) is 0.125. The van der Waals surface area contributed by atoms with Crippen LogP contribution >= 0.6 is 34.2 Å². The fourth-order valence-corrected chi connectivity index (χ4v) is 1.55. The third kappa shape index (κ3) is 1.85. The highest BCUT2D eigenvalue weighted by Gasteiger charge is 2.01. The van der Waals surface area contributed by atoms with E-state index in [2.05, 4.69) is 28.7 Å². The minimum absolute atomic E-state index is 0.646. The second-order valence-corrected chi connectivity index (χ2v) is 3.76. The van der Waals surface area contributed by atoms with E-state index in [4.69, 9.17) is 16.9 Å². The first-order chi connectivity index (χ1) is 5.15. The zero-order valence-corrected chi connectivity index (χ0v) is 8.77. The lowest BCUT2D eigenvalue weighted by molar-refractivity contribution is 1.38. The lowest BCUT2D eigenvalue weighted by Crippen LogP contribution is -1.84. The van der Waals surface area contributed by atoms with Crippen molar-refractivity contribution in [1.82, 2.24) is 0 Å². The van der Waals surface area contributed by atoms with Crippen molar-refractivity contribution in [2.75, 3.05) is 0 Å². The molecule has 0 aromatic heterocycles. The van der Waals surface area contributed by atoms with Crippen LogP contribution in [0.25, 0.3) is 0 Å². The van der Waals surface area contributed by atoms with Gasteiger partial charge < -0.3 is 0 Å². The molecule has 0 aliphatic heterocycles. The standard InChI is InChI=1S/C8H5ClIN/c1-5-2-8(10)7(9)3-6(5)4-11/h2-3H,1H3. The topological polar surface area (TPSA) is 23.8 Å². The summed E-state index contributed by atoms with van der Waals surface area (Å²) in [4.78, 5) is 0. The third-order valence-corrected chi connectivity index (χ3v) is 2.91. The molecule has 3 heteroatoms. The van der Waals surface area contributed by atoms with Crippen molar-refractivity contribution in [2.45, 2.75) is 6.92 Å².